The van der Waals surface area contributed by atoms with Gasteiger partial charge < -0.3 is 34.8 Å². The second kappa shape index (κ2) is 18.5. The molecule has 1 saturated heterocycles. The normalized spacial score (nSPS) is 25.3. The van der Waals surface area contributed by atoms with E-state index >= 15 is 0 Å². The lowest BCUT2D eigenvalue weighted by atomic mass is 9.94. The monoisotopic (exact) mass is 475 g/mol. The first-order chi connectivity index (χ1) is 16.0. The van der Waals surface area contributed by atoms with Crippen LogP contribution in [0.3, 0.4) is 0 Å². The number of unbranched alkanes of at least 4 members (excludes halogenated alkanes) is 11. The molecule has 0 radical (unpaired) electrons. The van der Waals surface area contributed by atoms with Gasteiger partial charge in [-0.2, -0.15) is 0 Å². The van der Waals surface area contributed by atoms with Gasteiger partial charge in [0.25, 0.3) is 5.91 Å². The van der Waals surface area contributed by atoms with Gasteiger partial charge in [-0.3, -0.25) is 4.79 Å². The molecule has 33 heavy (non-hydrogen) atoms. The van der Waals surface area contributed by atoms with Gasteiger partial charge in [-0.05, 0) is 12.8 Å². The standard InChI is InChI=1S/C25H49NO7/c1-3-4-5-6-7-8-9-10-11-12-13-14-16-26(17-15-18-32-2)25(31)24-23(30)22(29)21(28)20(19-27)33-24/h20-24,27-30H,3-19H2,1-2H3/t20-,21-,22+,23-,24?/m1/s1. The number of methoxy groups -OCH3 is 1. The van der Waals surface area contributed by atoms with Crippen molar-refractivity contribution in [2.24, 2.45) is 0 Å². The summed E-state index contributed by atoms with van der Waals surface area (Å²) >= 11 is 0. The lowest BCUT2D eigenvalue weighted by Gasteiger charge is -2.41. The number of carbonyl (C=O) groups is 1. The highest BCUT2D eigenvalue weighted by molar-refractivity contribution is 5.82. The number of hydrogen-bond acceptors (Lipinski definition) is 7. The highest BCUT2D eigenvalue weighted by atomic mass is 16.5. The van der Waals surface area contributed by atoms with E-state index in [1.165, 1.54) is 57.8 Å². The Labute approximate surface area is 200 Å². The molecule has 1 aliphatic rings. The Hall–Kier alpha value is -0.770. The van der Waals surface area contributed by atoms with Crippen LogP contribution in [0.5, 0.6) is 0 Å². The van der Waals surface area contributed by atoms with Crippen LogP contribution in [0.25, 0.3) is 0 Å². The van der Waals surface area contributed by atoms with E-state index < -0.39 is 43.0 Å². The van der Waals surface area contributed by atoms with E-state index in [0.29, 0.717) is 26.1 Å². The number of ether oxygens (including phenoxy) is 2. The van der Waals surface area contributed by atoms with E-state index in [9.17, 15) is 25.2 Å². The van der Waals surface area contributed by atoms with Crippen molar-refractivity contribution in [3.8, 4) is 0 Å². The smallest absolute Gasteiger partial charge is 0.254 e. The van der Waals surface area contributed by atoms with Crippen LogP contribution < -0.4 is 0 Å². The molecule has 0 aromatic heterocycles. The maximum Gasteiger partial charge on any atom is 0.254 e. The minimum Gasteiger partial charge on any atom is -0.394 e. The van der Waals surface area contributed by atoms with Gasteiger partial charge in [0.1, 0.15) is 24.4 Å². The molecule has 0 aliphatic carbocycles. The fourth-order valence-electron chi connectivity index (χ4n) is 4.36. The third-order valence-electron chi connectivity index (χ3n) is 6.51. The van der Waals surface area contributed by atoms with E-state index in [-0.39, 0.29) is 0 Å². The molecule has 8 heteroatoms. The average molecular weight is 476 g/mol. The lowest BCUT2D eigenvalue weighted by molar-refractivity contribution is -0.230. The number of amides is 1. The van der Waals surface area contributed by atoms with E-state index in [2.05, 4.69) is 6.92 Å². The van der Waals surface area contributed by atoms with Crippen LogP contribution in [0.1, 0.15) is 90.4 Å². The van der Waals surface area contributed by atoms with Gasteiger partial charge in [-0.1, -0.05) is 77.6 Å². The van der Waals surface area contributed by atoms with Crippen LogP contribution in [-0.4, -0.2) is 95.2 Å². The first kappa shape index (κ1) is 30.3. The second-order valence-corrected chi connectivity index (χ2v) is 9.31. The van der Waals surface area contributed by atoms with Crippen LogP contribution in [0.15, 0.2) is 0 Å². The quantitative estimate of drug-likeness (QED) is 0.212. The number of hydrogen-bond donors (Lipinski definition) is 4. The first-order valence-corrected chi connectivity index (χ1v) is 13.1. The molecule has 1 aliphatic heterocycles. The Kier molecular flexibility index (Phi) is 17.0. The zero-order chi connectivity index (χ0) is 24.5. The molecule has 0 aromatic carbocycles. The predicted octanol–water partition coefficient (Wildman–Crippen LogP) is 2.40. The van der Waals surface area contributed by atoms with Crippen molar-refractivity contribution in [2.75, 3.05) is 33.4 Å². The molecule has 196 valence electrons. The molecule has 1 unspecified atom stereocenters. The molecule has 1 heterocycles. The van der Waals surface area contributed by atoms with Crippen molar-refractivity contribution in [2.45, 2.75) is 121 Å². The average Bonchev–Trinajstić information content (AvgIpc) is 2.82. The number of carbonyl (C=O) groups excluding carboxylic acids is 1. The molecule has 8 nitrogen and oxygen atoms in total. The van der Waals surface area contributed by atoms with Crippen LogP contribution in [0.4, 0.5) is 0 Å². The highest BCUT2D eigenvalue weighted by Gasteiger charge is 2.47. The summed E-state index contributed by atoms with van der Waals surface area (Å²) in [6, 6.07) is 0. The Morgan fingerprint density at radius 2 is 1.30 bits per heavy atom. The summed E-state index contributed by atoms with van der Waals surface area (Å²) in [6.45, 7) is 3.20. The van der Waals surface area contributed by atoms with Gasteiger partial charge in [0, 0.05) is 26.8 Å². The van der Waals surface area contributed by atoms with E-state index in [1.54, 1.807) is 12.0 Å². The fraction of sp³-hybridized carbons (Fsp3) is 0.960. The third-order valence-corrected chi connectivity index (χ3v) is 6.51. The summed E-state index contributed by atoms with van der Waals surface area (Å²) < 4.78 is 10.6. The zero-order valence-corrected chi connectivity index (χ0v) is 20.9. The van der Waals surface area contributed by atoms with Crippen molar-refractivity contribution in [1.82, 2.24) is 4.90 Å². The van der Waals surface area contributed by atoms with Gasteiger partial charge in [0.05, 0.1) is 6.61 Å². The molecule has 0 saturated carbocycles. The van der Waals surface area contributed by atoms with Crippen LogP contribution in [0.2, 0.25) is 0 Å². The maximum atomic E-state index is 13.1. The van der Waals surface area contributed by atoms with Crippen LogP contribution in [-0.2, 0) is 14.3 Å². The fourth-order valence-corrected chi connectivity index (χ4v) is 4.36. The highest BCUT2D eigenvalue weighted by Crippen LogP contribution is 2.23. The maximum absolute atomic E-state index is 13.1. The summed E-state index contributed by atoms with van der Waals surface area (Å²) in [6.07, 6.45) is 8.52. The Morgan fingerprint density at radius 1 is 0.788 bits per heavy atom. The first-order valence-electron chi connectivity index (χ1n) is 13.1. The molecule has 0 aromatic rings. The Morgan fingerprint density at radius 3 is 1.82 bits per heavy atom. The van der Waals surface area contributed by atoms with Crippen molar-refractivity contribution in [3.63, 3.8) is 0 Å². The SMILES string of the molecule is CCCCCCCCCCCCCCN(CCCOC)C(=O)C1O[C@H](CO)[C@@H](O)[C@H](O)[C@H]1O. The Bertz CT molecular complexity index is 491. The van der Waals surface area contributed by atoms with Crippen LogP contribution >= 0.6 is 0 Å². The molecule has 5 atom stereocenters. The van der Waals surface area contributed by atoms with Gasteiger partial charge in [0.2, 0.25) is 0 Å². The molecule has 1 rings (SSSR count). The topological polar surface area (TPSA) is 120 Å². The van der Waals surface area contributed by atoms with E-state index in [1.807, 2.05) is 0 Å². The second-order valence-electron chi connectivity index (χ2n) is 9.31. The number of aliphatic hydroxyl groups is 4. The summed E-state index contributed by atoms with van der Waals surface area (Å²) in [5.41, 5.74) is 0. The molecule has 1 amide bonds. The molecule has 0 spiro atoms. The number of nitrogens with zero attached hydrogens (tertiary/aromatic N) is 1. The Balaban J connectivity index is 2.38. The van der Waals surface area contributed by atoms with Crippen LogP contribution in [0, 0.1) is 0 Å². The van der Waals surface area contributed by atoms with Crippen molar-refractivity contribution in [1.29, 1.82) is 0 Å². The minimum atomic E-state index is -1.54. The third kappa shape index (κ3) is 11.5. The molecule has 0 bridgehead atoms. The summed E-state index contributed by atoms with van der Waals surface area (Å²) in [7, 11) is 1.61. The molecular weight excluding hydrogens is 426 g/mol. The number of aliphatic hydroxyl groups excluding tert-OH is 4. The van der Waals surface area contributed by atoms with Crippen molar-refractivity contribution >= 4 is 5.91 Å². The molecule has 4 N–H and O–H groups in total. The zero-order valence-electron chi connectivity index (χ0n) is 20.9. The van der Waals surface area contributed by atoms with Gasteiger partial charge >= 0.3 is 0 Å². The van der Waals surface area contributed by atoms with Gasteiger partial charge in [0.15, 0.2) is 6.10 Å². The van der Waals surface area contributed by atoms with E-state index in [0.717, 1.165) is 19.3 Å². The molecular formula is C25H49NO7. The van der Waals surface area contributed by atoms with Crippen molar-refractivity contribution < 1.29 is 34.7 Å². The van der Waals surface area contributed by atoms with Crippen molar-refractivity contribution in [3.05, 3.63) is 0 Å². The summed E-state index contributed by atoms with van der Waals surface area (Å²) in [5.74, 6) is -0.425. The van der Waals surface area contributed by atoms with Gasteiger partial charge in [-0.15, -0.1) is 0 Å². The summed E-state index contributed by atoms with van der Waals surface area (Å²) in [4.78, 5) is 14.7. The predicted molar refractivity (Wildman–Crippen MR) is 128 cm³/mol. The molecule has 1 fully saturated rings. The van der Waals surface area contributed by atoms with Gasteiger partial charge in [-0.25, -0.2) is 0 Å². The minimum absolute atomic E-state index is 0.425. The lowest BCUT2D eigenvalue weighted by Crippen LogP contribution is -2.62. The van der Waals surface area contributed by atoms with E-state index in [4.69, 9.17) is 9.47 Å². The number of rotatable bonds is 19. The largest absolute Gasteiger partial charge is 0.394 e. The summed E-state index contributed by atoms with van der Waals surface area (Å²) in [5, 5.41) is 39.7.